The minimum Gasteiger partial charge on any atom is -0.366 e. The molecule has 6 nitrogen and oxygen atoms in total. The molecular formula is C4H7N3O3S. The quantitative estimate of drug-likeness (QED) is 0.583. The summed E-state index contributed by atoms with van der Waals surface area (Å²) in [4.78, 5) is -0.238. The van der Waals surface area contributed by atoms with Crippen LogP contribution in [0.2, 0.25) is 0 Å². The zero-order valence-corrected chi connectivity index (χ0v) is 6.55. The number of aromatic nitrogens is 1. The Kier molecular flexibility index (Phi) is 1.61. The molecule has 0 amide bonds. The molecule has 0 unspecified atom stereocenters. The van der Waals surface area contributed by atoms with E-state index in [2.05, 4.69) is 9.68 Å². The Balaban J connectivity index is 3.45. The van der Waals surface area contributed by atoms with Gasteiger partial charge >= 0.3 is 0 Å². The lowest BCUT2D eigenvalue weighted by Gasteiger charge is -1.92. The second kappa shape index (κ2) is 2.21. The minimum atomic E-state index is -3.80. The summed E-state index contributed by atoms with van der Waals surface area (Å²) in [5.74, 6) is -0.273. The van der Waals surface area contributed by atoms with Crippen LogP contribution in [-0.4, -0.2) is 13.6 Å². The second-order valence-corrected chi connectivity index (χ2v) is 3.50. The van der Waals surface area contributed by atoms with Gasteiger partial charge in [0.15, 0.2) is 4.90 Å². The van der Waals surface area contributed by atoms with Crippen molar-refractivity contribution < 1.29 is 12.9 Å². The molecule has 0 radical (unpaired) electrons. The van der Waals surface area contributed by atoms with E-state index < -0.39 is 10.0 Å². The molecule has 1 rings (SSSR count). The molecule has 0 saturated heterocycles. The summed E-state index contributed by atoms with van der Waals surface area (Å²) in [5.41, 5.74) is 5.31. The van der Waals surface area contributed by atoms with Crippen LogP contribution in [0.3, 0.4) is 0 Å². The minimum absolute atomic E-state index is 0.171. The first kappa shape index (κ1) is 8.02. The van der Waals surface area contributed by atoms with Crippen LogP contribution in [0.25, 0.3) is 0 Å². The molecular weight excluding hydrogens is 170 g/mol. The second-order valence-electron chi connectivity index (χ2n) is 2.01. The molecule has 0 saturated carbocycles. The summed E-state index contributed by atoms with van der Waals surface area (Å²) in [6.45, 7) is 1.44. The van der Waals surface area contributed by atoms with Crippen LogP contribution in [0.15, 0.2) is 9.42 Å². The average Bonchev–Trinajstić information content (AvgIpc) is 2.08. The van der Waals surface area contributed by atoms with Gasteiger partial charge in [-0.25, -0.2) is 13.6 Å². The topological polar surface area (TPSA) is 112 Å². The van der Waals surface area contributed by atoms with Gasteiger partial charge in [0.2, 0.25) is 15.9 Å². The standard InChI is InChI=1S/C4H7N3O3S/c1-2-3(11(6,8)9)4(5)10-7-2/h5H2,1H3,(H2,6,8,9). The zero-order valence-electron chi connectivity index (χ0n) is 5.73. The third kappa shape index (κ3) is 1.33. The molecule has 4 N–H and O–H groups in total. The van der Waals surface area contributed by atoms with Gasteiger partial charge in [-0.3, -0.25) is 0 Å². The number of primary sulfonamides is 1. The lowest BCUT2D eigenvalue weighted by Crippen LogP contribution is -2.14. The molecule has 1 aromatic rings. The van der Waals surface area contributed by atoms with E-state index in [1.807, 2.05) is 0 Å². The van der Waals surface area contributed by atoms with Gasteiger partial charge in [0, 0.05) is 0 Å². The van der Waals surface area contributed by atoms with Crippen molar-refractivity contribution in [3.05, 3.63) is 5.69 Å². The van der Waals surface area contributed by atoms with Crippen LogP contribution in [-0.2, 0) is 10.0 Å². The van der Waals surface area contributed by atoms with Crippen molar-refractivity contribution in [3.63, 3.8) is 0 Å². The van der Waals surface area contributed by atoms with Crippen LogP contribution in [0.1, 0.15) is 5.69 Å². The van der Waals surface area contributed by atoms with Crippen LogP contribution < -0.4 is 10.9 Å². The average molecular weight is 177 g/mol. The smallest absolute Gasteiger partial charge is 0.245 e. The van der Waals surface area contributed by atoms with Gasteiger partial charge in [-0.15, -0.1) is 0 Å². The van der Waals surface area contributed by atoms with E-state index in [9.17, 15) is 8.42 Å². The van der Waals surface area contributed by atoms with Crippen molar-refractivity contribution in [1.29, 1.82) is 0 Å². The Hall–Kier alpha value is -1.08. The zero-order chi connectivity index (χ0) is 8.65. The van der Waals surface area contributed by atoms with Gasteiger partial charge < -0.3 is 10.3 Å². The first-order valence-corrected chi connectivity index (χ1v) is 4.22. The first-order valence-electron chi connectivity index (χ1n) is 2.67. The lowest BCUT2D eigenvalue weighted by atomic mass is 10.5. The number of hydrogen-bond donors (Lipinski definition) is 2. The maximum absolute atomic E-state index is 10.7. The number of rotatable bonds is 1. The highest BCUT2D eigenvalue weighted by molar-refractivity contribution is 7.89. The Morgan fingerprint density at radius 1 is 1.55 bits per heavy atom. The van der Waals surface area contributed by atoms with Crippen LogP contribution in [0.5, 0.6) is 0 Å². The molecule has 0 aromatic carbocycles. The molecule has 1 aromatic heterocycles. The highest BCUT2D eigenvalue weighted by atomic mass is 32.2. The fourth-order valence-corrected chi connectivity index (χ4v) is 1.49. The van der Waals surface area contributed by atoms with Crippen LogP contribution in [0, 0.1) is 6.92 Å². The van der Waals surface area contributed by atoms with E-state index in [1.165, 1.54) is 6.92 Å². The van der Waals surface area contributed by atoms with Crippen molar-refractivity contribution in [2.75, 3.05) is 5.73 Å². The third-order valence-electron chi connectivity index (χ3n) is 1.12. The van der Waals surface area contributed by atoms with E-state index in [0.29, 0.717) is 0 Å². The molecule has 0 atom stereocenters. The predicted molar refractivity (Wildman–Crippen MR) is 37.0 cm³/mol. The van der Waals surface area contributed by atoms with Crippen molar-refractivity contribution in [2.45, 2.75) is 11.8 Å². The van der Waals surface area contributed by atoms with Gasteiger partial charge in [-0.05, 0) is 6.92 Å². The molecule has 0 bridgehead atoms. The molecule has 0 spiro atoms. The maximum Gasteiger partial charge on any atom is 0.245 e. The summed E-state index contributed by atoms with van der Waals surface area (Å²) in [5, 5.41) is 8.12. The maximum atomic E-state index is 10.7. The Morgan fingerprint density at radius 3 is 2.27 bits per heavy atom. The monoisotopic (exact) mass is 177 g/mol. The number of nitrogens with two attached hydrogens (primary N) is 2. The number of hydrogen-bond acceptors (Lipinski definition) is 5. The molecule has 0 aliphatic heterocycles. The van der Waals surface area contributed by atoms with Gasteiger partial charge in [0.1, 0.15) is 5.69 Å². The summed E-state index contributed by atoms with van der Waals surface area (Å²) in [6, 6.07) is 0. The number of sulfonamides is 1. The summed E-state index contributed by atoms with van der Waals surface area (Å²) >= 11 is 0. The largest absolute Gasteiger partial charge is 0.366 e. The van der Waals surface area contributed by atoms with E-state index in [4.69, 9.17) is 10.9 Å². The van der Waals surface area contributed by atoms with E-state index in [0.717, 1.165) is 0 Å². The van der Waals surface area contributed by atoms with Gasteiger partial charge in [-0.2, -0.15) is 0 Å². The number of nitrogens with zero attached hydrogens (tertiary/aromatic N) is 1. The van der Waals surface area contributed by atoms with E-state index in [1.54, 1.807) is 0 Å². The number of nitrogen functional groups attached to an aromatic ring is 1. The van der Waals surface area contributed by atoms with Crippen molar-refractivity contribution in [1.82, 2.24) is 5.16 Å². The summed E-state index contributed by atoms with van der Waals surface area (Å²) in [7, 11) is -3.80. The van der Waals surface area contributed by atoms with Gasteiger partial charge in [0.25, 0.3) is 0 Å². The van der Waals surface area contributed by atoms with Gasteiger partial charge in [-0.1, -0.05) is 5.16 Å². The van der Waals surface area contributed by atoms with Crippen molar-refractivity contribution >= 4 is 15.9 Å². The lowest BCUT2D eigenvalue weighted by molar-refractivity contribution is 0.430. The molecule has 0 aliphatic rings. The molecule has 0 aliphatic carbocycles. The van der Waals surface area contributed by atoms with E-state index in [-0.39, 0.29) is 16.5 Å². The third-order valence-corrected chi connectivity index (χ3v) is 2.18. The fourth-order valence-electron chi connectivity index (χ4n) is 0.725. The van der Waals surface area contributed by atoms with Crippen LogP contribution >= 0.6 is 0 Å². The molecule has 7 heteroatoms. The Bertz CT molecular complexity index is 346. The summed E-state index contributed by atoms with van der Waals surface area (Å²) in [6.07, 6.45) is 0. The highest BCUT2D eigenvalue weighted by Crippen LogP contribution is 2.19. The van der Waals surface area contributed by atoms with Crippen molar-refractivity contribution in [2.24, 2.45) is 5.14 Å². The first-order chi connectivity index (χ1) is 4.93. The van der Waals surface area contributed by atoms with Crippen LogP contribution in [0.4, 0.5) is 5.88 Å². The number of anilines is 1. The predicted octanol–water partition coefficient (Wildman–Crippen LogP) is -0.787. The summed E-state index contributed by atoms with van der Waals surface area (Å²) < 4.78 is 25.9. The Labute approximate surface area is 63.2 Å². The normalized spacial score (nSPS) is 11.8. The molecule has 0 fully saturated rings. The molecule has 1 heterocycles. The Morgan fingerprint density at radius 2 is 2.09 bits per heavy atom. The molecule has 11 heavy (non-hydrogen) atoms. The van der Waals surface area contributed by atoms with Crippen molar-refractivity contribution in [3.8, 4) is 0 Å². The van der Waals surface area contributed by atoms with E-state index >= 15 is 0 Å². The fraction of sp³-hybridized carbons (Fsp3) is 0.250. The van der Waals surface area contributed by atoms with Gasteiger partial charge in [0.05, 0.1) is 0 Å². The highest BCUT2D eigenvalue weighted by Gasteiger charge is 2.20. The number of aryl methyl sites for hydroxylation is 1. The SMILES string of the molecule is Cc1noc(N)c1S(N)(=O)=O. The molecule has 62 valence electrons.